The predicted molar refractivity (Wildman–Crippen MR) is 138 cm³/mol. The molecule has 2 atom stereocenters. The van der Waals surface area contributed by atoms with E-state index in [1.165, 1.54) is 11.3 Å². The van der Waals surface area contributed by atoms with Gasteiger partial charge in [-0.3, -0.25) is 15.6 Å². The second-order valence-electron chi connectivity index (χ2n) is 7.93. The zero-order valence-corrected chi connectivity index (χ0v) is 20.7. The van der Waals surface area contributed by atoms with Crippen LogP contribution in [0.1, 0.15) is 49.0 Å². The van der Waals surface area contributed by atoms with Gasteiger partial charge in [-0.05, 0) is 74.2 Å². The first kappa shape index (κ1) is 26.0. The highest BCUT2D eigenvalue weighted by atomic mass is 32.1. The summed E-state index contributed by atoms with van der Waals surface area (Å²) in [5.74, 6) is 0.648. The fourth-order valence-corrected chi connectivity index (χ4v) is 3.93. The van der Waals surface area contributed by atoms with Crippen LogP contribution in [0.15, 0.2) is 60.0 Å². The number of hydrogen-bond acceptors (Lipinski definition) is 8. The molecule has 10 heteroatoms. The number of aliphatic hydroxyl groups is 1. The third-order valence-electron chi connectivity index (χ3n) is 4.88. The Morgan fingerprint density at radius 1 is 1.14 bits per heavy atom. The molecule has 0 aliphatic heterocycles. The maximum Gasteiger partial charge on any atom is 0.261 e. The largest absolute Gasteiger partial charge is 0.490 e. The number of benzene rings is 2. The van der Waals surface area contributed by atoms with Crippen LogP contribution in [0.4, 0.5) is 5.69 Å². The molecule has 3 aromatic rings. The number of carbonyl (C=O) groups excluding carboxylic acids is 1. The van der Waals surface area contributed by atoms with E-state index in [4.69, 9.17) is 20.6 Å². The number of hydrazine groups is 1. The van der Waals surface area contributed by atoms with Gasteiger partial charge in [0.15, 0.2) is 17.7 Å². The summed E-state index contributed by atoms with van der Waals surface area (Å²) < 4.78 is 11.6. The van der Waals surface area contributed by atoms with Gasteiger partial charge in [0.05, 0.1) is 12.7 Å². The van der Waals surface area contributed by atoms with Crippen molar-refractivity contribution >= 4 is 28.8 Å². The second kappa shape index (κ2) is 12.2. The minimum Gasteiger partial charge on any atom is -0.490 e. The lowest BCUT2D eigenvalue weighted by Gasteiger charge is -2.23. The molecule has 0 fully saturated rings. The molecular formula is C25H31N5O4S. The van der Waals surface area contributed by atoms with Gasteiger partial charge in [-0.25, -0.2) is 5.43 Å². The molecule has 0 spiro atoms. The SMILES string of the molecule is CCOc1cc(C(Nc2ccc(C(=N)N)cc2)C(=O)NNC(O)c2cccs2)ccc1OC(C)C. The number of nitrogens with two attached hydrogens (primary N) is 1. The number of anilines is 1. The summed E-state index contributed by atoms with van der Waals surface area (Å²) in [6.45, 7) is 6.16. The van der Waals surface area contributed by atoms with E-state index >= 15 is 0 Å². The van der Waals surface area contributed by atoms with E-state index in [0.717, 1.165) is 0 Å². The molecule has 1 amide bonds. The summed E-state index contributed by atoms with van der Waals surface area (Å²) >= 11 is 1.37. The standard InChI is InChI=1S/C25H31N5O4S/c1-4-33-20-14-17(9-12-19(20)34-15(2)3)22(28-18-10-7-16(8-11-18)23(26)27)25(32)30-29-24(31)21-6-5-13-35-21/h5-15,22,24,28-29,31H,4H2,1-3H3,(H3,26,27)(H,30,32). The summed E-state index contributed by atoms with van der Waals surface area (Å²) in [7, 11) is 0. The molecule has 1 aromatic heterocycles. The molecule has 0 radical (unpaired) electrons. The molecule has 0 aliphatic rings. The van der Waals surface area contributed by atoms with E-state index < -0.39 is 18.2 Å². The average Bonchev–Trinajstić information content (AvgIpc) is 3.37. The summed E-state index contributed by atoms with van der Waals surface area (Å²) in [4.78, 5) is 13.9. The molecule has 9 nitrogen and oxygen atoms in total. The number of aliphatic hydroxyl groups excluding tert-OH is 1. The highest BCUT2D eigenvalue weighted by Gasteiger charge is 2.24. The first-order valence-electron chi connectivity index (χ1n) is 11.2. The summed E-state index contributed by atoms with van der Waals surface area (Å²) in [5, 5.41) is 22.9. The number of thiophene rings is 1. The number of rotatable bonds is 12. The smallest absolute Gasteiger partial charge is 0.261 e. The van der Waals surface area contributed by atoms with E-state index in [-0.39, 0.29) is 11.9 Å². The van der Waals surface area contributed by atoms with Gasteiger partial charge in [-0.2, -0.15) is 0 Å². The van der Waals surface area contributed by atoms with Crippen LogP contribution in [0.3, 0.4) is 0 Å². The van der Waals surface area contributed by atoms with Crippen molar-refractivity contribution in [2.75, 3.05) is 11.9 Å². The van der Waals surface area contributed by atoms with Crippen LogP contribution in [-0.4, -0.2) is 29.6 Å². The summed E-state index contributed by atoms with van der Waals surface area (Å²) in [6, 6.07) is 14.9. The molecule has 7 N–H and O–H groups in total. The third kappa shape index (κ3) is 7.19. The molecule has 0 saturated heterocycles. The van der Waals surface area contributed by atoms with Crippen LogP contribution in [0.25, 0.3) is 0 Å². The van der Waals surface area contributed by atoms with E-state index in [1.54, 1.807) is 48.5 Å². The fraction of sp³-hybridized carbons (Fsp3) is 0.280. The van der Waals surface area contributed by atoms with Crippen molar-refractivity contribution in [3.8, 4) is 11.5 Å². The Morgan fingerprint density at radius 3 is 2.49 bits per heavy atom. The molecule has 2 aromatic carbocycles. The maximum atomic E-state index is 13.3. The monoisotopic (exact) mass is 497 g/mol. The zero-order valence-electron chi connectivity index (χ0n) is 19.9. The van der Waals surface area contributed by atoms with Crippen LogP contribution in [0.5, 0.6) is 11.5 Å². The molecule has 35 heavy (non-hydrogen) atoms. The Morgan fingerprint density at radius 2 is 1.89 bits per heavy atom. The Balaban J connectivity index is 1.88. The van der Waals surface area contributed by atoms with Crippen molar-refractivity contribution in [2.24, 2.45) is 5.73 Å². The topological polar surface area (TPSA) is 142 Å². The first-order valence-corrected chi connectivity index (χ1v) is 12.1. The minimum absolute atomic E-state index is 0.0417. The van der Waals surface area contributed by atoms with Crippen molar-refractivity contribution in [1.82, 2.24) is 10.9 Å². The molecule has 0 bridgehead atoms. The first-order chi connectivity index (χ1) is 16.8. The van der Waals surface area contributed by atoms with Crippen LogP contribution in [0.2, 0.25) is 0 Å². The van der Waals surface area contributed by atoms with Crippen LogP contribution in [-0.2, 0) is 4.79 Å². The van der Waals surface area contributed by atoms with E-state index in [2.05, 4.69) is 16.2 Å². The highest BCUT2D eigenvalue weighted by molar-refractivity contribution is 7.10. The summed E-state index contributed by atoms with van der Waals surface area (Å²) in [5.41, 5.74) is 12.6. The van der Waals surface area contributed by atoms with Gasteiger partial charge in [0.2, 0.25) is 0 Å². The Kier molecular flexibility index (Phi) is 9.07. The number of hydrogen-bond donors (Lipinski definition) is 6. The average molecular weight is 498 g/mol. The number of amides is 1. The van der Waals surface area contributed by atoms with Crippen LogP contribution >= 0.6 is 11.3 Å². The Bertz CT molecular complexity index is 1120. The normalized spacial score (nSPS) is 12.6. The highest BCUT2D eigenvalue weighted by Crippen LogP contribution is 2.33. The van der Waals surface area contributed by atoms with Gasteiger partial charge in [0, 0.05) is 16.1 Å². The molecule has 0 saturated carbocycles. The molecule has 1 heterocycles. The number of nitrogens with one attached hydrogen (secondary N) is 4. The quantitative estimate of drug-likeness (QED) is 0.0970. The van der Waals surface area contributed by atoms with Gasteiger partial charge < -0.3 is 25.6 Å². The lowest BCUT2D eigenvalue weighted by atomic mass is 10.0. The minimum atomic E-state index is -1.05. The lowest BCUT2D eigenvalue weighted by molar-refractivity contribution is -0.124. The molecule has 186 valence electrons. The van der Waals surface area contributed by atoms with Crippen molar-refractivity contribution in [3.05, 3.63) is 76.0 Å². The summed E-state index contributed by atoms with van der Waals surface area (Å²) in [6.07, 6.45) is -1.09. The van der Waals surface area contributed by atoms with Gasteiger partial charge >= 0.3 is 0 Å². The van der Waals surface area contributed by atoms with Crippen molar-refractivity contribution in [2.45, 2.75) is 39.1 Å². The van der Waals surface area contributed by atoms with Gasteiger partial charge in [0.25, 0.3) is 5.91 Å². The Labute approximate surface area is 208 Å². The lowest BCUT2D eigenvalue weighted by Crippen LogP contribution is -2.44. The predicted octanol–water partition coefficient (Wildman–Crippen LogP) is 3.68. The van der Waals surface area contributed by atoms with Gasteiger partial charge in [-0.15, -0.1) is 11.3 Å². The fourth-order valence-electron chi connectivity index (χ4n) is 3.27. The van der Waals surface area contributed by atoms with Crippen molar-refractivity contribution < 1.29 is 19.4 Å². The zero-order chi connectivity index (χ0) is 25.4. The second-order valence-corrected chi connectivity index (χ2v) is 8.90. The van der Waals surface area contributed by atoms with Gasteiger partial charge in [-0.1, -0.05) is 12.1 Å². The van der Waals surface area contributed by atoms with Crippen molar-refractivity contribution in [1.29, 1.82) is 5.41 Å². The molecular weight excluding hydrogens is 466 g/mol. The molecule has 2 unspecified atom stereocenters. The van der Waals surface area contributed by atoms with E-state index in [1.807, 2.05) is 32.2 Å². The third-order valence-corrected chi connectivity index (χ3v) is 5.80. The Hall–Kier alpha value is -3.60. The number of nitrogen functional groups attached to an aromatic ring is 1. The van der Waals surface area contributed by atoms with Crippen molar-refractivity contribution in [3.63, 3.8) is 0 Å². The van der Waals surface area contributed by atoms with Crippen LogP contribution in [0, 0.1) is 5.41 Å². The molecule has 0 aliphatic carbocycles. The number of amidine groups is 1. The molecule has 3 rings (SSSR count). The van der Waals surface area contributed by atoms with E-state index in [0.29, 0.717) is 39.8 Å². The number of carbonyl (C=O) groups is 1. The van der Waals surface area contributed by atoms with Gasteiger partial charge in [0.1, 0.15) is 11.9 Å². The van der Waals surface area contributed by atoms with Crippen LogP contribution < -0.4 is 31.4 Å². The van der Waals surface area contributed by atoms with E-state index in [9.17, 15) is 9.90 Å². The number of ether oxygens (including phenoxy) is 2. The maximum absolute atomic E-state index is 13.3.